The average molecular weight is 409 g/mol. The van der Waals surface area contributed by atoms with Crippen molar-refractivity contribution in [3.8, 4) is 5.75 Å². The van der Waals surface area contributed by atoms with Gasteiger partial charge < -0.3 is 14.6 Å². The summed E-state index contributed by atoms with van der Waals surface area (Å²) in [6.45, 7) is 4.98. The molecular formula is C24H28N2O2S. The molecule has 0 spiro atoms. The van der Waals surface area contributed by atoms with Crippen molar-refractivity contribution in [3.05, 3.63) is 65.9 Å². The number of carbonyl (C=O) groups excluding carboxylic acids is 1. The molecule has 29 heavy (non-hydrogen) atoms. The van der Waals surface area contributed by atoms with Gasteiger partial charge in [-0.25, -0.2) is 0 Å². The van der Waals surface area contributed by atoms with Gasteiger partial charge in [0.25, 0.3) is 0 Å². The number of likely N-dealkylation sites (tertiary alicyclic amines) is 1. The summed E-state index contributed by atoms with van der Waals surface area (Å²) in [4.78, 5) is 17.0. The van der Waals surface area contributed by atoms with E-state index in [-0.39, 0.29) is 5.97 Å². The van der Waals surface area contributed by atoms with Crippen molar-refractivity contribution in [1.29, 1.82) is 0 Å². The van der Waals surface area contributed by atoms with Crippen molar-refractivity contribution < 1.29 is 9.53 Å². The SMILES string of the molecule is CC(=O)Oc1ccc2c(CSCCN3CCC(c4ccccc4)CC3)c[nH]c2c1. The molecule has 3 aromatic rings. The third-order valence-corrected chi connectivity index (χ3v) is 6.65. The van der Waals surface area contributed by atoms with E-state index < -0.39 is 0 Å². The van der Waals surface area contributed by atoms with Gasteiger partial charge in [-0.3, -0.25) is 4.79 Å². The van der Waals surface area contributed by atoms with Gasteiger partial charge in [0.05, 0.1) is 0 Å². The molecule has 1 aromatic heterocycles. The third-order valence-electron chi connectivity index (χ3n) is 5.67. The zero-order valence-electron chi connectivity index (χ0n) is 16.9. The number of thioether (sulfide) groups is 1. The van der Waals surface area contributed by atoms with Gasteiger partial charge in [-0.05, 0) is 55.1 Å². The molecular weight excluding hydrogens is 380 g/mol. The lowest BCUT2D eigenvalue weighted by atomic mass is 9.89. The first-order valence-corrected chi connectivity index (χ1v) is 11.5. The molecule has 0 bridgehead atoms. The van der Waals surface area contributed by atoms with E-state index in [0.717, 1.165) is 29.5 Å². The Labute approximate surface area is 176 Å². The minimum atomic E-state index is -0.292. The molecule has 1 fully saturated rings. The summed E-state index contributed by atoms with van der Waals surface area (Å²) in [6.07, 6.45) is 4.60. The van der Waals surface area contributed by atoms with Crippen molar-refractivity contribution >= 4 is 28.6 Å². The topological polar surface area (TPSA) is 45.3 Å². The van der Waals surface area contributed by atoms with E-state index in [4.69, 9.17) is 4.74 Å². The first-order valence-electron chi connectivity index (χ1n) is 10.3. The Morgan fingerprint density at radius 1 is 1.17 bits per heavy atom. The molecule has 1 N–H and O–H groups in total. The number of esters is 1. The fourth-order valence-electron chi connectivity index (χ4n) is 4.11. The number of aromatic amines is 1. The van der Waals surface area contributed by atoms with Crippen molar-refractivity contribution in [3.63, 3.8) is 0 Å². The predicted octanol–water partition coefficient (Wildman–Crippen LogP) is 5.21. The Morgan fingerprint density at radius 3 is 2.72 bits per heavy atom. The van der Waals surface area contributed by atoms with Gasteiger partial charge in [0, 0.05) is 48.1 Å². The van der Waals surface area contributed by atoms with Crippen LogP contribution in [-0.2, 0) is 10.5 Å². The summed E-state index contributed by atoms with van der Waals surface area (Å²) in [5.74, 6) is 3.16. The first kappa shape index (κ1) is 20.0. The zero-order chi connectivity index (χ0) is 20.1. The van der Waals surface area contributed by atoms with Gasteiger partial charge in [-0.1, -0.05) is 30.3 Å². The number of aromatic nitrogens is 1. The van der Waals surface area contributed by atoms with E-state index >= 15 is 0 Å². The van der Waals surface area contributed by atoms with E-state index in [1.54, 1.807) is 0 Å². The molecule has 0 saturated carbocycles. The Balaban J connectivity index is 1.21. The fourth-order valence-corrected chi connectivity index (χ4v) is 5.10. The van der Waals surface area contributed by atoms with Crippen LogP contribution in [0.2, 0.25) is 0 Å². The van der Waals surface area contributed by atoms with Crippen LogP contribution < -0.4 is 4.74 Å². The second kappa shape index (κ2) is 9.51. The lowest BCUT2D eigenvalue weighted by Gasteiger charge is -2.32. The predicted molar refractivity (Wildman–Crippen MR) is 121 cm³/mol. The summed E-state index contributed by atoms with van der Waals surface area (Å²) >= 11 is 1.98. The van der Waals surface area contributed by atoms with Gasteiger partial charge in [0.2, 0.25) is 0 Å². The minimum absolute atomic E-state index is 0.292. The normalized spacial score (nSPS) is 15.6. The third kappa shape index (κ3) is 5.22. The molecule has 0 amide bonds. The van der Waals surface area contributed by atoms with Crippen molar-refractivity contribution in [2.45, 2.75) is 31.4 Å². The summed E-state index contributed by atoms with van der Waals surface area (Å²) in [5.41, 5.74) is 3.82. The molecule has 4 rings (SSSR count). The number of nitrogens with zero attached hydrogens (tertiary/aromatic N) is 1. The highest BCUT2D eigenvalue weighted by molar-refractivity contribution is 7.98. The minimum Gasteiger partial charge on any atom is -0.427 e. The van der Waals surface area contributed by atoms with Gasteiger partial charge in [-0.2, -0.15) is 11.8 Å². The molecule has 5 heteroatoms. The van der Waals surface area contributed by atoms with Gasteiger partial charge in [-0.15, -0.1) is 0 Å². The number of ether oxygens (including phenoxy) is 1. The molecule has 2 heterocycles. The van der Waals surface area contributed by atoms with E-state index in [2.05, 4.69) is 46.4 Å². The van der Waals surface area contributed by atoms with Crippen LogP contribution >= 0.6 is 11.8 Å². The summed E-state index contributed by atoms with van der Waals surface area (Å²) in [7, 11) is 0. The van der Waals surface area contributed by atoms with Crippen LogP contribution in [0.3, 0.4) is 0 Å². The van der Waals surface area contributed by atoms with E-state index in [1.165, 1.54) is 49.4 Å². The highest BCUT2D eigenvalue weighted by Gasteiger charge is 2.20. The lowest BCUT2D eigenvalue weighted by Crippen LogP contribution is -2.34. The molecule has 1 saturated heterocycles. The second-order valence-electron chi connectivity index (χ2n) is 7.69. The molecule has 1 aliphatic rings. The summed E-state index contributed by atoms with van der Waals surface area (Å²) in [5, 5.41) is 1.21. The maximum Gasteiger partial charge on any atom is 0.308 e. The number of carbonyl (C=O) groups is 1. The molecule has 1 aliphatic heterocycles. The smallest absolute Gasteiger partial charge is 0.308 e. The molecule has 0 aliphatic carbocycles. The van der Waals surface area contributed by atoms with Crippen LogP contribution in [0, 0.1) is 0 Å². The fraction of sp³-hybridized carbons (Fsp3) is 0.375. The van der Waals surface area contributed by atoms with E-state index in [9.17, 15) is 4.79 Å². The number of hydrogen-bond donors (Lipinski definition) is 1. The molecule has 0 atom stereocenters. The van der Waals surface area contributed by atoms with Crippen LogP contribution in [-0.4, -0.2) is 41.2 Å². The van der Waals surface area contributed by atoms with Gasteiger partial charge in [0.1, 0.15) is 5.75 Å². The summed E-state index contributed by atoms with van der Waals surface area (Å²) < 4.78 is 5.16. The Bertz CT molecular complexity index is 946. The second-order valence-corrected chi connectivity index (χ2v) is 8.80. The lowest BCUT2D eigenvalue weighted by molar-refractivity contribution is -0.131. The van der Waals surface area contributed by atoms with Crippen molar-refractivity contribution in [2.75, 3.05) is 25.4 Å². The largest absolute Gasteiger partial charge is 0.427 e. The van der Waals surface area contributed by atoms with Crippen LogP contribution in [0.1, 0.15) is 36.8 Å². The molecule has 152 valence electrons. The van der Waals surface area contributed by atoms with Crippen LogP contribution in [0.25, 0.3) is 10.9 Å². The van der Waals surface area contributed by atoms with Crippen LogP contribution in [0.4, 0.5) is 0 Å². The highest BCUT2D eigenvalue weighted by atomic mass is 32.2. The number of nitrogens with one attached hydrogen (secondary N) is 1. The Morgan fingerprint density at radius 2 is 1.97 bits per heavy atom. The van der Waals surface area contributed by atoms with Gasteiger partial charge >= 0.3 is 5.97 Å². The Hall–Kier alpha value is -2.24. The van der Waals surface area contributed by atoms with Gasteiger partial charge in [0.15, 0.2) is 0 Å². The number of hydrogen-bond acceptors (Lipinski definition) is 4. The molecule has 0 unspecified atom stereocenters. The molecule has 2 aromatic carbocycles. The first-order chi connectivity index (χ1) is 14.2. The number of fused-ring (bicyclic) bond motifs is 1. The monoisotopic (exact) mass is 408 g/mol. The van der Waals surface area contributed by atoms with Crippen molar-refractivity contribution in [2.24, 2.45) is 0 Å². The number of rotatable bonds is 7. The quantitative estimate of drug-likeness (QED) is 0.331. The maximum atomic E-state index is 11.1. The van der Waals surface area contributed by atoms with Crippen LogP contribution in [0.5, 0.6) is 5.75 Å². The standard InChI is InChI=1S/C24H28N2O2S/c1-18(27)28-22-7-8-23-21(16-25-24(23)15-22)17-29-14-13-26-11-9-20(10-12-26)19-5-3-2-4-6-19/h2-8,15-16,20,25H,9-14,17H2,1H3. The molecule has 0 radical (unpaired) electrons. The van der Waals surface area contributed by atoms with Crippen molar-refractivity contribution in [1.82, 2.24) is 9.88 Å². The number of H-pyrrole nitrogens is 1. The average Bonchev–Trinajstić information content (AvgIpc) is 3.14. The van der Waals surface area contributed by atoms with Crippen LogP contribution in [0.15, 0.2) is 54.7 Å². The maximum absolute atomic E-state index is 11.1. The number of piperidine rings is 1. The molecule has 4 nitrogen and oxygen atoms in total. The zero-order valence-corrected chi connectivity index (χ0v) is 17.7. The Kier molecular flexibility index (Phi) is 6.57. The highest BCUT2D eigenvalue weighted by Crippen LogP contribution is 2.29. The van der Waals surface area contributed by atoms with E-state index in [1.807, 2.05) is 30.0 Å². The summed E-state index contributed by atoms with van der Waals surface area (Å²) in [6, 6.07) is 16.7. The number of benzene rings is 2. The van der Waals surface area contributed by atoms with E-state index in [0.29, 0.717) is 5.75 Å².